The van der Waals surface area contributed by atoms with E-state index in [1.165, 1.54) is 0 Å². The van der Waals surface area contributed by atoms with Crippen molar-refractivity contribution in [2.45, 2.75) is 6.42 Å². The van der Waals surface area contributed by atoms with E-state index >= 15 is 0 Å². The summed E-state index contributed by atoms with van der Waals surface area (Å²) in [6, 6.07) is 7.38. The van der Waals surface area contributed by atoms with Crippen LogP contribution in [0.1, 0.15) is 11.5 Å². The first-order valence-corrected chi connectivity index (χ1v) is 4.13. The normalized spacial score (nSPS) is 10.3. The summed E-state index contributed by atoms with van der Waals surface area (Å²) in [4.78, 5) is 10.6. The Bertz CT molecular complexity index is 487. The Kier molecular flexibility index (Phi) is 2.06. The summed E-state index contributed by atoms with van der Waals surface area (Å²) in [5.41, 5.74) is 7.27. The Balaban J connectivity index is 2.27. The molecule has 1 heterocycles. The standard InChI is InChI=1S/C9H9N3O2/c10-7-4-2-1-3-6(7)5-8-11-12-9(13)14-8/h1-4H,5,10H2,(H,12,13). The first kappa shape index (κ1) is 8.55. The largest absolute Gasteiger partial charge is 0.434 e. The molecule has 1 aromatic carbocycles. The average molecular weight is 191 g/mol. The minimum atomic E-state index is -0.547. The van der Waals surface area contributed by atoms with Gasteiger partial charge >= 0.3 is 5.76 Å². The predicted molar refractivity (Wildman–Crippen MR) is 50.8 cm³/mol. The third-order valence-electron chi connectivity index (χ3n) is 1.88. The lowest BCUT2D eigenvalue weighted by molar-refractivity contribution is 0.471. The highest BCUT2D eigenvalue weighted by atomic mass is 16.4. The number of para-hydroxylation sites is 1. The van der Waals surface area contributed by atoms with Crippen LogP contribution in [0.2, 0.25) is 0 Å². The van der Waals surface area contributed by atoms with Gasteiger partial charge < -0.3 is 10.2 Å². The fraction of sp³-hybridized carbons (Fsp3) is 0.111. The molecular weight excluding hydrogens is 182 g/mol. The van der Waals surface area contributed by atoms with Gasteiger partial charge in [-0.05, 0) is 11.6 Å². The predicted octanol–water partition coefficient (Wildman–Crippen LogP) is 0.536. The van der Waals surface area contributed by atoms with Crippen LogP contribution in [-0.4, -0.2) is 10.2 Å². The number of benzene rings is 1. The first-order valence-electron chi connectivity index (χ1n) is 4.13. The van der Waals surface area contributed by atoms with Gasteiger partial charge in [0.05, 0.1) is 6.42 Å². The van der Waals surface area contributed by atoms with Crippen LogP contribution in [0.25, 0.3) is 0 Å². The molecule has 1 aromatic heterocycles. The molecule has 72 valence electrons. The maximum Gasteiger partial charge on any atom is 0.434 e. The maximum atomic E-state index is 10.6. The number of nitrogens with one attached hydrogen (secondary N) is 1. The van der Waals surface area contributed by atoms with Gasteiger partial charge in [0, 0.05) is 5.69 Å². The molecule has 0 bridgehead atoms. The fourth-order valence-corrected chi connectivity index (χ4v) is 1.19. The van der Waals surface area contributed by atoms with Crippen LogP contribution in [0.3, 0.4) is 0 Å². The highest BCUT2D eigenvalue weighted by Gasteiger charge is 2.04. The van der Waals surface area contributed by atoms with Crippen LogP contribution >= 0.6 is 0 Å². The maximum absolute atomic E-state index is 10.6. The lowest BCUT2D eigenvalue weighted by atomic mass is 10.1. The molecule has 0 aliphatic rings. The molecule has 0 spiro atoms. The average Bonchev–Trinajstić information content (AvgIpc) is 2.56. The second-order valence-corrected chi connectivity index (χ2v) is 2.88. The first-order chi connectivity index (χ1) is 6.75. The van der Waals surface area contributed by atoms with Gasteiger partial charge in [0.25, 0.3) is 0 Å². The van der Waals surface area contributed by atoms with E-state index in [-0.39, 0.29) is 0 Å². The summed E-state index contributed by atoms with van der Waals surface area (Å²) in [6.45, 7) is 0. The number of hydrogen-bond donors (Lipinski definition) is 2. The van der Waals surface area contributed by atoms with Gasteiger partial charge in [-0.3, -0.25) is 0 Å². The molecule has 14 heavy (non-hydrogen) atoms. The van der Waals surface area contributed by atoms with Crippen LogP contribution in [-0.2, 0) is 6.42 Å². The molecule has 0 unspecified atom stereocenters. The van der Waals surface area contributed by atoms with E-state index in [0.29, 0.717) is 18.0 Å². The number of H-pyrrole nitrogens is 1. The third-order valence-corrected chi connectivity index (χ3v) is 1.88. The van der Waals surface area contributed by atoms with E-state index in [9.17, 15) is 4.79 Å². The second kappa shape index (κ2) is 3.37. The highest BCUT2D eigenvalue weighted by Crippen LogP contribution is 2.13. The van der Waals surface area contributed by atoms with Gasteiger partial charge in [-0.1, -0.05) is 18.2 Å². The van der Waals surface area contributed by atoms with Gasteiger partial charge in [-0.15, -0.1) is 5.10 Å². The molecule has 0 atom stereocenters. The molecule has 5 nitrogen and oxygen atoms in total. The quantitative estimate of drug-likeness (QED) is 0.678. The van der Waals surface area contributed by atoms with E-state index in [1.807, 2.05) is 18.2 Å². The third kappa shape index (κ3) is 1.66. The van der Waals surface area contributed by atoms with Crippen molar-refractivity contribution in [3.8, 4) is 0 Å². The van der Waals surface area contributed by atoms with Gasteiger partial charge in [0.1, 0.15) is 0 Å². The minimum absolute atomic E-state index is 0.341. The van der Waals surface area contributed by atoms with E-state index < -0.39 is 5.76 Å². The van der Waals surface area contributed by atoms with Crippen molar-refractivity contribution in [2.75, 3.05) is 5.73 Å². The Hall–Kier alpha value is -2.04. The lowest BCUT2D eigenvalue weighted by Gasteiger charge is -2.00. The summed E-state index contributed by atoms with van der Waals surface area (Å²) in [6.07, 6.45) is 0.422. The van der Waals surface area contributed by atoms with E-state index in [0.717, 1.165) is 5.56 Å². The molecule has 0 saturated heterocycles. The molecule has 0 saturated carbocycles. The van der Waals surface area contributed by atoms with Crippen molar-refractivity contribution in [1.29, 1.82) is 0 Å². The number of anilines is 1. The zero-order chi connectivity index (χ0) is 9.97. The van der Waals surface area contributed by atoms with Crippen molar-refractivity contribution in [3.05, 3.63) is 46.3 Å². The molecule has 3 N–H and O–H groups in total. The zero-order valence-electron chi connectivity index (χ0n) is 7.36. The van der Waals surface area contributed by atoms with E-state index in [2.05, 4.69) is 10.2 Å². The number of nitrogen functional groups attached to an aromatic ring is 1. The number of aromatic nitrogens is 2. The molecule has 2 aromatic rings. The summed E-state index contributed by atoms with van der Waals surface area (Å²) < 4.78 is 4.76. The van der Waals surface area contributed by atoms with Gasteiger partial charge in [-0.2, -0.15) is 0 Å². The molecule has 0 fully saturated rings. The zero-order valence-corrected chi connectivity index (χ0v) is 7.36. The van der Waals surface area contributed by atoms with Gasteiger partial charge in [0.2, 0.25) is 5.89 Å². The summed E-state index contributed by atoms with van der Waals surface area (Å²) in [7, 11) is 0. The number of aromatic amines is 1. The fourth-order valence-electron chi connectivity index (χ4n) is 1.19. The smallest absolute Gasteiger partial charge is 0.398 e. The summed E-state index contributed by atoms with van der Waals surface area (Å²) >= 11 is 0. The number of nitrogens with two attached hydrogens (primary N) is 1. The van der Waals surface area contributed by atoms with Crippen LogP contribution in [0.5, 0.6) is 0 Å². The van der Waals surface area contributed by atoms with Crippen molar-refractivity contribution in [3.63, 3.8) is 0 Å². The molecule has 0 aliphatic heterocycles. The molecular formula is C9H9N3O2. The second-order valence-electron chi connectivity index (χ2n) is 2.88. The summed E-state index contributed by atoms with van der Waals surface area (Å²) in [5, 5.41) is 5.89. The Morgan fingerprint density at radius 1 is 1.43 bits per heavy atom. The molecule has 0 aliphatic carbocycles. The van der Waals surface area contributed by atoms with Gasteiger partial charge in [0.15, 0.2) is 0 Å². The number of nitrogens with zero attached hydrogens (tertiary/aromatic N) is 1. The van der Waals surface area contributed by atoms with E-state index in [1.54, 1.807) is 6.07 Å². The van der Waals surface area contributed by atoms with Crippen molar-refractivity contribution in [1.82, 2.24) is 10.2 Å². The SMILES string of the molecule is Nc1ccccc1Cc1n[nH]c(=O)o1. The number of hydrogen-bond acceptors (Lipinski definition) is 4. The Morgan fingerprint density at radius 2 is 2.21 bits per heavy atom. The molecule has 5 heteroatoms. The molecule has 0 radical (unpaired) electrons. The monoisotopic (exact) mass is 191 g/mol. The Labute approximate surface area is 79.6 Å². The van der Waals surface area contributed by atoms with Crippen LogP contribution in [0, 0.1) is 0 Å². The number of rotatable bonds is 2. The summed E-state index contributed by atoms with van der Waals surface area (Å²) in [5.74, 6) is -0.206. The highest BCUT2D eigenvalue weighted by molar-refractivity contribution is 5.47. The van der Waals surface area contributed by atoms with E-state index in [4.69, 9.17) is 10.2 Å². The van der Waals surface area contributed by atoms with Crippen molar-refractivity contribution in [2.24, 2.45) is 0 Å². The van der Waals surface area contributed by atoms with Crippen molar-refractivity contribution >= 4 is 5.69 Å². The van der Waals surface area contributed by atoms with Crippen LogP contribution in [0.15, 0.2) is 33.5 Å². The topological polar surface area (TPSA) is 84.9 Å². The van der Waals surface area contributed by atoms with Gasteiger partial charge in [-0.25, -0.2) is 9.89 Å². The lowest BCUT2D eigenvalue weighted by Crippen LogP contribution is -1.95. The van der Waals surface area contributed by atoms with Crippen LogP contribution in [0.4, 0.5) is 5.69 Å². The van der Waals surface area contributed by atoms with Crippen molar-refractivity contribution < 1.29 is 4.42 Å². The molecule has 0 amide bonds. The van der Waals surface area contributed by atoms with Crippen LogP contribution < -0.4 is 11.5 Å². The Morgan fingerprint density at radius 3 is 2.86 bits per heavy atom. The minimum Gasteiger partial charge on any atom is -0.398 e. The molecule has 2 rings (SSSR count).